The van der Waals surface area contributed by atoms with Crippen LogP contribution in [0.5, 0.6) is 0 Å². The Labute approximate surface area is 206 Å². The highest BCUT2D eigenvalue weighted by Gasteiger charge is 2.53. The number of aryl methyl sites for hydroxylation is 1. The first-order valence-electron chi connectivity index (χ1n) is 12.7. The number of anilines is 2. The van der Waals surface area contributed by atoms with Crippen LogP contribution in [0.4, 0.5) is 17.2 Å². The van der Waals surface area contributed by atoms with Crippen molar-refractivity contribution in [2.75, 3.05) is 9.80 Å². The summed E-state index contributed by atoms with van der Waals surface area (Å²) >= 11 is 0. The molecular weight excluding hydrogens is 430 g/mol. The highest BCUT2D eigenvalue weighted by Crippen LogP contribution is 2.56. The second-order valence-electron chi connectivity index (χ2n) is 9.93. The highest BCUT2D eigenvalue weighted by atomic mass is 15.5. The molecule has 1 spiro atoms. The Balaban J connectivity index is 1.48. The third-order valence-electron chi connectivity index (χ3n) is 7.86. The lowest BCUT2D eigenvalue weighted by Crippen LogP contribution is -2.54. The molecular formula is C30H29N5. The minimum absolute atomic E-state index is 0.122. The molecule has 3 aromatic carbocycles. The second kappa shape index (κ2) is 7.84. The Morgan fingerprint density at radius 2 is 1.43 bits per heavy atom. The van der Waals surface area contributed by atoms with Crippen LogP contribution >= 0.6 is 0 Å². The number of aliphatic imine (C=N–C) groups is 1. The van der Waals surface area contributed by atoms with Crippen molar-refractivity contribution in [1.82, 2.24) is 9.78 Å². The monoisotopic (exact) mass is 459 g/mol. The first-order valence-corrected chi connectivity index (χ1v) is 12.7. The third kappa shape index (κ3) is 3.00. The standard InChI is InChI=1S/C30H29N5/c1-22-27-28(35(32-22)24-15-7-3-8-16-24)31-29-33(21-23-13-5-2-6-14-23)25-17-9-10-18-26(25)34(29)30(27)19-11-4-12-20-30/h2-3,5-10,13-18H,4,11-12,19-21H2,1H3. The van der Waals surface area contributed by atoms with E-state index < -0.39 is 0 Å². The van der Waals surface area contributed by atoms with E-state index in [9.17, 15) is 0 Å². The molecule has 2 aliphatic heterocycles. The predicted octanol–water partition coefficient (Wildman–Crippen LogP) is 6.87. The van der Waals surface area contributed by atoms with Gasteiger partial charge >= 0.3 is 0 Å². The molecule has 0 radical (unpaired) electrons. The van der Waals surface area contributed by atoms with E-state index in [0.717, 1.165) is 42.5 Å². The van der Waals surface area contributed by atoms with Gasteiger partial charge in [0.2, 0.25) is 5.96 Å². The quantitative estimate of drug-likeness (QED) is 0.335. The smallest absolute Gasteiger partial charge is 0.213 e. The Kier molecular flexibility index (Phi) is 4.59. The number of rotatable bonds is 3. The number of aromatic nitrogens is 2. The molecule has 0 N–H and O–H groups in total. The van der Waals surface area contributed by atoms with Crippen LogP contribution in [0.2, 0.25) is 0 Å². The van der Waals surface area contributed by atoms with Gasteiger partial charge < -0.3 is 4.90 Å². The number of hydrogen-bond donors (Lipinski definition) is 0. The highest BCUT2D eigenvalue weighted by molar-refractivity contribution is 6.18. The second-order valence-corrected chi connectivity index (χ2v) is 9.93. The fourth-order valence-electron chi connectivity index (χ4n) is 6.40. The summed E-state index contributed by atoms with van der Waals surface area (Å²) in [6, 6.07) is 30.0. The molecule has 0 saturated heterocycles. The molecule has 1 aromatic heterocycles. The van der Waals surface area contributed by atoms with Gasteiger partial charge in [-0.2, -0.15) is 10.1 Å². The lowest BCUT2D eigenvalue weighted by molar-refractivity contribution is 0.300. The number of para-hydroxylation sites is 3. The zero-order valence-corrected chi connectivity index (χ0v) is 20.1. The van der Waals surface area contributed by atoms with Crippen molar-refractivity contribution in [2.24, 2.45) is 4.99 Å². The Hall–Kier alpha value is -3.86. The van der Waals surface area contributed by atoms with E-state index in [2.05, 4.69) is 106 Å². The van der Waals surface area contributed by atoms with Crippen molar-refractivity contribution >= 4 is 23.2 Å². The third-order valence-corrected chi connectivity index (χ3v) is 7.86. The van der Waals surface area contributed by atoms with Gasteiger partial charge in [-0.15, -0.1) is 0 Å². The molecule has 5 heteroatoms. The first kappa shape index (κ1) is 20.5. The van der Waals surface area contributed by atoms with Crippen LogP contribution < -0.4 is 9.80 Å². The van der Waals surface area contributed by atoms with E-state index in [4.69, 9.17) is 10.1 Å². The van der Waals surface area contributed by atoms with Crippen LogP contribution in [0.3, 0.4) is 0 Å². The molecule has 35 heavy (non-hydrogen) atoms. The van der Waals surface area contributed by atoms with Crippen molar-refractivity contribution in [2.45, 2.75) is 51.1 Å². The normalized spacial score (nSPS) is 17.7. The van der Waals surface area contributed by atoms with Gasteiger partial charge in [0.1, 0.15) is 0 Å². The number of nitrogens with zero attached hydrogens (tertiary/aromatic N) is 5. The summed E-state index contributed by atoms with van der Waals surface area (Å²) < 4.78 is 2.06. The summed E-state index contributed by atoms with van der Waals surface area (Å²) in [5, 5.41) is 5.07. The molecule has 0 amide bonds. The summed E-state index contributed by atoms with van der Waals surface area (Å²) in [5.41, 5.74) is 7.12. The lowest BCUT2D eigenvalue weighted by atomic mass is 9.74. The molecule has 1 aliphatic carbocycles. The summed E-state index contributed by atoms with van der Waals surface area (Å²) in [7, 11) is 0. The maximum absolute atomic E-state index is 5.42. The van der Waals surface area contributed by atoms with E-state index >= 15 is 0 Å². The molecule has 0 atom stereocenters. The number of benzene rings is 3. The van der Waals surface area contributed by atoms with Crippen LogP contribution in [-0.2, 0) is 12.1 Å². The van der Waals surface area contributed by atoms with Crippen LogP contribution in [0.1, 0.15) is 48.9 Å². The SMILES string of the molecule is Cc1nn(-c2ccccc2)c2c1C1(CCCCC1)N1C(=N2)N(Cc2ccccc2)c2ccccc21. The van der Waals surface area contributed by atoms with E-state index in [1.54, 1.807) is 0 Å². The van der Waals surface area contributed by atoms with Gasteiger partial charge in [-0.1, -0.05) is 79.9 Å². The zero-order valence-electron chi connectivity index (χ0n) is 20.1. The van der Waals surface area contributed by atoms with Gasteiger partial charge in [0.05, 0.1) is 34.8 Å². The summed E-state index contributed by atoms with van der Waals surface area (Å²) in [5.74, 6) is 2.02. The molecule has 3 aliphatic rings. The predicted molar refractivity (Wildman–Crippen MR) is 142 cm³/mol. The van der Waals surface area contributed by atoms with E-state index in [-0.39, 0.29) is 5.54 Å². The van der Waals surface area contributed by atoms with Gasteiger partial charge in [0.25, 0.3) is 0 Å². The maximum atomic E-state index is 5.42. The van der Waals surface area contributed by atoms with E-state index in [1.807, 2.05) is 0 Å². The van der Waals surface area contributed by atoms with Crippen molar-refractivity contribution < 1.29 is 0 Å². The van der Waals surface area contributed by atoms with E-state index in [1.165, 1.54) is 41.8 Å². The van der Waals surface area contributed by atoms with Crippen molar-refractivity contribution in [3.05, 3.63) is 102 Å². The molecule has 3 heterocycles. The Morgan fingerprint density at radius 3 is 2.17 bits per heavy atom. The van der Waals surface area contributed by atoms with Gasteiger partial charge in [-0.3, -0.25) is 4.90 Å². The van der Waals surface area contributed by atoms with E-state index in [0.29, 0.717) is 0 Å². The molecule has 0 unspecified atom stereocenters. The number of guanidine groups is 1. The van der Waals surface area contributed by atoms with Gasteiger partial charge in [0.15, 0.2) is 5.82 Å². The van der Waals surface area contributed by atoms with Gasteiger partial charge in [-0.25, -0.2) is 4.68 Å². The largest absolute Gasteiger partial charge is 0.305 e. The minimum Gasteiger partial charge on any atom is -0.305 e. The van der Waals surface area contributed by atoms with Crippen LogP contribution in [0.15, 0.2) is 89.9 Å². The van der Waals surface area contributed by atoms with Crippen LogP contribution in [0.25, 0.3) is 5.69 Å². The van der Waals surface area contributed by atoms with Crippen molar-refractivity contribution in [3.63, 3.8) is 0 Å². The molecule has 174 valence electrons. The minimum atomic E-state index is -0.122. The molecule has 5 nitrogen and oxygen atoms in total. The van der Waals surface area contributed by atoms with Crippen molar-refractivity contribution in [1.29, 1.82) is 0 Å². The average Bonchev–Trinajstić information content (AvgIpc) is 3.42. The summed E-state index contributed by atoms with van der Waals surface area (Å²) in [4.78, 5) is 10.4. The Bertz CT molecular complexity index is 1410. The molecule has 7 rings (SSSR count). The topological polar surface area (TPSA) is 36.7 Å². The molecule has 0 bridgehead atoms. The number of fused-ring (bicyclic) bond motifs is 6. The van der Waals surface area contributed by atoms with Crippen LogP contribution in [-0.4, -0.2) is 15.7 Å². The summed E-state index contributed by atoms with van der Waals surface area (Å²) in [6.07, 6.45) is 5.97. The fourth-order valence-corrected chi connectivity index (χ4v) is 6.40. The average molecular weight is 460 g/mol. The molecule has 1 fully saturated rings. The number of hydrogen-bond acceptors (Lipinski definition) is 4. The van der Waals surface area contributed by atoms with Crippen LogP contribution in [0, 0.1) is 6.92 Å². The first-order chi connectivity index (χ1) is 17.3. The zero-order chi connectivity index (χ0) is 23.4. The summed E-state index contributed by atoms with van der Waals surface area (Å²) in [6.45, 7) is 2.95. The lowest BCUT2D eigenvalue weighted by Gasteiger charge is -2.48. The Morgan fingerprint density at radius 1 is 0.771 bits per heavy atom. The molecule has 4 aromatic rings. The fraction of sp³-hybridized carbons (Fsp3) is 0.267. The van der Waals surface area contributed by atoms with Crippen molar-refractivity contribution in [3.8, 4) is 5.69 Å². The molecule has 1 saturated carbocycles. The maximum Gasteiger partial charge on any atom is 0.213 e. The van der Waals surface area contributed by atoms with Gasteiger partial charge in [-0.05, 0) is 49.6 Å². The van der Waals surface area contributed by atoms with Gasteiger partial charge in [0, 0.05) is 5.56 Å².